The van der Waals surface area contributed by atoms with Gasteiger partial charge >= 0.3 is 0 Å². The average Bonchev–Trinajstić information content (AvgIpc) is 2.91. The normalized spacial score (nSPS) is 17.0. The number of pyridine rings is 1. The van der Waals surface area contributed by atoms with Gasteiger partial charge in [-0.1, -0.05) is 6.05 Å². The van der Waals surface area contributed by atoms with Crippen molar-refractivity contribution in [2.45, 2.75) is 20.2 Å². The lowest BCUT2D eigenvalue weighted by Gasteiger charge is -2.15. The van der Waals surface area contributed by atoms with Gasteiger partial charge in [-0.05, 0) is 63.7 Å². The number of carbonyl (C=O) groups is 1. The van der Waals surface area contributed by atoms with Gasteiger partial charge in [-0.2, -0.15) is 5.26 Å². The third-order valence-corrected chi connectivity index (χ3v) is 4.49. The fourth-order valence-electron chi connectivity index (χ4n) is 2.96. The summed E-state index contributed by atoms with van der Waals surface area (Å²) in [5, 5.41) is 12.6. The molecule has 170 valence electrons. The predicted octanol–water partition coefficient (Wildman–Crippen LogP) is 4.93. The number of fused-ring (bicyclic) bond motifs is 1. The highest BCUT2D eigenvalue weighted by atomic mass is 19.1. The summed E-state index contributed by atoms with van der Waals surface area (Å²) >= 11 is 0. The number of rotatable bonds is 9. The maximum absolute atomic E-state index is 14.3. The molecule has 0 amide bonds. The number of nitriles is 1. The van der Waals surface area contributed by atoms with E-state index in [9.17, 15) is 14.4 Å². The summed E-state index contributed by atoms with van der Waals surface area (Å²) in [6.07, 6.45) is 0.480. The van der Waals surface area contributed by atoms with Crippen LogP contribution in [0.1, 0.15) is 37.2 Å². The Morgan fingerprint density at radius 2 is 2.30 bits per heavy atom. The zero-order valence-electron chi connectivity index (χ0n) is 28.2. The van der Waals surface area contributed by atoms with Crippen LogP contribution in [0.15, 0.2) is 48.6 Å². The van der Waals surface area contributed by atoms with E-state index in [4.69, 9.17) is 18.4 Å². The molecule has 1 heterocycles. The molecule has 33 heavy (non-hydrogen) atoms. The first kappa shape index (κ1) is 13.7. The molecule has 0 saturated heterocycles. The number of halogens is 1. The van der Waals surface area contributed by atoms with E-state index >= 15 is 0 Å². The van der Waals surface area contributed by atoms with E-state index in [2.05, 4.69) is 10.3 Å². The summed E-state index contributed by atoms with van der Waals surface area (Å²) in [6, 6.07) is 1.48. The molecule has 3 aromatic rings. The molecule has 0 bridgehead atoms. The lowest BCUT2D eigenvalue weighted by Crippen LogP contribution is -2.11. The van der Waals surface area contributed by atoms with Gasteiger partial charge < -0.3 is 15.0 Å². The molecule has 0 fully saturated rings. The SMILES string of the molecule is [2H]/C(CN(C)C)=C(/[2H])C(=O)Cc1cc2c(Nc3c([2H])c([2H])c(F)c(C)c3[2H])c(C#N)cnc2cc1OC([2H])([2H])C([2H])([2H])[2H]. The average molecular weight is 457 g/mol. The number of benzene rings is 2. The molecular weight excluding hydrogens is 419 g/mol. The van der Waals surface area contributed by atoms with Gasteiger partial charge in [0.25, 0.3) is 0 Å². The zero-order chi connectivity index (χ0) is 32.6. The molecule has 3 rings (SSSR count). The van der Waals surface area contributed by atoms with Crippen LogP contribution >= 0.6 is 0 Å². The number of hydrogen-bond acceptors (Lipinski definition) is 6. The van der Waals surface area contributed by atoms with E-state index in [0.717, 1.165) is 12.3 Å². The Kier molecular flexibility index (Phi) is 4.45. The summed E-state index contributed by atoms with van der Waals surface area (Å²) in [5.74, 6) is -2.31. The van der Waals surface area contributed by atoms with Crippen molar-refractivity contribution < 1.29 is 27.6 Å². The number of nitrogens with zero attached hydrogens (tertiary/aromatic N) is 3. The highest BCUT2D eigenvalue weighted by Gasteiger charge is 2.16. The Labute approximate surface area is 207 Å². The maximum atomic E-state index is 14.3. The van der Waals surface area contributed by atoms with Crippen LogP contribution in [0.3, 0.4) is 0 Å². The Bertz CT molecular complexity index is 1650. The van der Waals surface area contributed by atoms with Crippen molar-refractivity contribution >= 4 is 28.1 Å². The summed E-state index contributed by atoms with van der Waals surface area (Å²) in [4.78, 5) is 18.8. The maximum Gasteiger partial charge on any atom is 0.159 e. The molecule has 6 nitrogen and oxygen atoms in total. The molecule has 1 aromatic heterocycles. The fraction of sp³-hybridized carbons (Fsp3) is 0.269. The van der Waals surface area contributed by atoms with Crippen molar-refractivity contribution in [2.24, 2.45) is 0 Å². The van der Waals surface area contributed by atoms with Crippen molar-refractivity contribution in [3.05, 3.63) is 71.1 Å². The van der Waals surface area contributed by atoms with Crippen LogP contribution in [0.2, 0.25) is 0 Å². The van der Waals surface area contributed by atoms with Gasteiger partial charge in [0, 0.05) is 46.0 Å². The lowest BCUT2D eigenvalue weighted by atomic mass is 10.0. The van der Waals surface area contributed by atoms with E-state index in [1.807, 2.05) is 6.07 Å². The van der Waals surface area contributed by atoms with Crippen LogP contribution in [0.25, 0.3) is 10.9 Å². The van der Waals surface area contributed by atoms with Gasteiger partial charge in [0.05, 0.1) is 32.9 Å². The topological polar surface area (TPSA) is 78.3 Å². The second-order valence-electron chi connectivity index (χ2n) is 7.29. The molecule has 0 radical (unpaired) electrons. The number of ketones is 1. The number of carbonyl (C=O) groups excluding carboxylic acids is 1. The van der Waals surface area contributed by atoms with Crippen LogP contribution in [-0.2, 0) is 11.2 Å². The number of ether oxygens (including phenoxy) is 1. The van der Waals surface area contributed by atoms with E-state index in [1.165, 1.54) is 13.0 Å². The minimum absolute atomic E-state index is 0.0171. The number of likely N-dealkylation sites (N-methyl/N-ethyl adjacent to an activating group) is 1. The van der Waals surface area contributed by atoms with Crippen LogP contribution in [0, 0.1) is 24.1 Å². The van der Waals surface area contributed by atoms with Crippen LogP contribution in [0.4, 0.5) is 15.8 Å². The van der Waals surface area contributed by atoms with Gasteiger partial charge in [-0.15, -0.1) is 0 Å². The summed E-state index contributed by atoms with van der Waals surface area (Å²) < 4.78 is 98.6. The second-order valence-corrected chi connectivity index (χ2v) is 7.29. The molecule has 0 aliphatic heterocycles. The highest BCUT2D eigenvalue weighted by molar-refractivity contribution is 5.98. The van der Waals surface area contributed by atoms with Crippen molar-refractivity contribution in [2.75, 3.05) is 32.5 Å². The Morgan fingerprint density at radius 3 is 3.03 bits per heavy atom. The number of nitrogens with one attached hydrogen (secondary N) is 1. The molecule has 0 spiro atoms. The Hall–Kier alpha value is -3.76. The van der Waals surface area contributed by atoms with E-state index < -0.39 is 61.4 Å². The van der Waals surface area contributed by atoms with Crippen molar-refractivity contribution in [3.8, 4) is 11.8 Å². The Balaban J connectivity index is 2.30. The fourth-order valence-corrected chi connectivity index (χ4v) is 2.96. The predicted molar refractivity (Wildman–Crippen MR) is 128 cm³/mol. The third kappa shape index (κ3) is 5.93. The summed E-state index contributed by atoms with van der Waals surface area (Å²) in [6.45, 7) is -5.21. The largest absolute Gasteiger partial charge is 0.494 e. The molecule has 0 atom stereocenters. The number of anilines is 2. The lowest BCUT2D eigenvalue weighted by molar-refractivity contribution is -0.114. The standard InChI is InChI=1S/C26H27FN4O2/c1-5-33-25-14-24-22(13-18(25)12-21(32)7-6-10-31(3)4)26(19(15-28)16-29-24)30-20-8-9-23(27)17(2)11-20/h6-9,11,13-14,16H,5,10,12H2,1-4H3,(H,29,30)/b7-6+/i1D3,5D2,6D,7D,8D,9D,11D. The smallest absolute Gasteiger partial charge is 0.159 e. The molecule has 0 unspecified atom stereocenters. The number of hydrogen-bond donors (Lipinski definition) is 1. The number of aromatic nitrogens is 1. The second kappa shape index (κ2) is 10.7. The third-order valence-electron chi connectivity index (χ3n) is 4.49. The number of allylic oxidation sites excluding steroid dienone is 1. The van der Waals surface area contributed by atoms with Crippen molar-refractivity contribution in [1.82, 2.24) is 9.88 Å². The van der Waals surface area contributed by atoms with Crippen LogP contribution in [0.5, 0.6) is 5.75 Å². The Morgan fingerprint density at radius 1 is 1.48 bits per heavy atom. The van der Waals surface area contributed by atoms with E-state index in [1.54, 1.807) is 19.0 Å². The monoisotopic (exact) mass is 456 g/mol. The van der Waals surface area contributed by atoms with Crippen molar-refractivity contribution in [1.29, 1.82) is 5.26 Å². The van der Waals surface area contributed by atoms with Crippen LogP contribution < -0.4 is 10.1 Å². The van der Waals surface area contributed by atoms with Gasteiger partial charge in [0.15, 0.2) is 5.78 Å². The highest BCUT2D eigenvalue weighted by Crippen LogP contribution is 2.34. The van der Waals surface area contributed by atoms with Gasteiger partial charge in [0.2, 0.25) is 0 Å². The van der Waals surface area contributed by atoms with Gasteiger partial charge in [-0.25, -0.2) is 4.39 Å². The molecule has 2 aromatic carbocycles. The minimum Gasteiger partial charge on any atom is -0.494 e. The van der Waals surface area contributed by atoms with E-state index in [0.29, 0.717) is 0 Å². The molecule has 1 N–H and O–H groups in total. The minimum atomic E-state index is -3.24. The molecule has 0 aliphatic carbocycles. The first-order valence-electron chi connectivity index (χ1n) is 14.7. The zero-order valence-corrected chi connectivity index (χ0v) is 18.2. The molecule has 0 aliphatic rings. The first-order valence-corrected chi connectivity index (χ1v) is 9.72. The van der Waals surface area contributed by atoms with Crippen LogP contribution in [-0.4, -0.2) is 42.9 Å². The van der Waals surface area contributed by atoms with E-state index in [-0.39, 0.29) is 51.6 Å². The van der Waals surface area contributed by atoms with Gasteiger partial charge in [-0.3, -0.25) is 9.78 Å². The first-order chi connectivity index (χ1) is 19.8. The molecule has 7 heteroatoms. The summed E-state index contributed by atoms with van der Waals surface area (Å²) in [5.41, 5.74) is -0.746. The molecule has 0 saturated carbocycles. The van der Waals surface area contributed by atoms with Gasteiger partial charge in [0.1, 0.15) is 17.6 Å². The molecular formula is C26H27FN4O2. The summed E-state index contributed by atoms with van der Waals surface area (Å²) in [7, 11) is 3.28. The van der Waals surface area contributed by atoms with Crippen molar-refractivity contribution in [3.63, 3.8) is 0 Å². The quantitative estimate of drug-likeness (QED) is 0.460.